The van der Waals surface area contributed by atoms with Crippen LogP contribution in [0.25, 0.3) is 22.0 Å². The molecule has 2 aromatic carbocycles. The van der Waals surface area contributed by atoms with Gasteiger partial charge in [-0.05, 0) is 81.3 Å². The van der Waals surface area contributed by atoms with Crippen molar-refractivity contribution in [3.05, 3.63) is 98.7 Å². The molecule has 0 saturated heterocycles. The Bertz CT molecular complexity index is 3260. The Kier molecular flexibility index (Phi) is 13.9. The average molecular weight is 1070 g/mol. The molecule has 7 rings (SSSR count). The lowest BCUT2D eigenvalue weighted by atomic mass is 9.93. The molecular formula is C43H36ClF10N7O8S2. The van der Waals surface area contributed by atoms with Gasteiger partial charge < -0.3 is 10.1 Å². The number of esters is 1. The van der Waals surface area contributed by atoms with Gasteiger partial charge in [0.2, 0.25) is 16.8 Å². The van der Waals surface area contributed by atoms with Gasteiger partial charge in [-0.2, -0.15) is 45.3 Å². The van der Waals surface area contributed by atoms with Crippen molar-refractivity contribution < 1.29 is 79.9 Å². The summed E-state index contributed by atoms with van der Waals surface area (Å²) in [5.74, 6) is -8.48. The van der Waals surface area contributed by atoms with Crippen LogP contribution in [0.1, 0.15) is 78.7 Å². The Morgan fingerprint density at radius 1 is 1.00 bits per heavy atom. The molecule has 1 N–H and O–H groups in total. The van der Waals surface area contributed by atoms with E-state index in [1.54, 1.807) is 0 Å². The van der Waals surface area contributed by atoms with Crippen molar-refractivity contribution in [3.63, 3.8) is 0 Å². The molecule has 0 aliphatic heterocycles. The quantitative estimate of drug-likeness (QED) is 0.0419. The number of amides is 2. The number of aromatic nitrogens is 5. The number of ether oxygens (including phenoxy) is 1. The number of carbonyl (C=O) groups is 3. The third-order valence-corrected chi connectivity index (χ3v) is 14.6. The summed E-state index contributed by atoms with van der Waals surface area (Å²) in [5, 5.41) is 8.90. The molecule has 2 amide bonds. The summed E-state index contributed by atoms with van der Waals surface area (Å²) < 4.78 is 199. The Labute approximate surface area is 402 Å². The molecule has 3 atom stereocenters. The molecule has 380 valence electrons. The number of alkyl halides is 8. The zero-order valence-corrected chi connectivity index (χ0v) is 39.4. The van der Waals surface area contributed by atoms with Gasteiger partial charge in [0.25, 0.3) is 5.92 Å². The van der Waals surface area contributed by atoms with Gasteiger partial charge in [0.1, 0.15) is 40.9 Å². The van der Waals surface area contributed by atoms with Gasteiger partial charge in [-0.1, -0.05) is 23.6 Å². The number of sulfone groups is 1. The Hall–Kier alpha value is -6.27. The number of hydrogen-bond acceptors (Lipinski definition) is 11. The zero-order valence-electron chi connectivity index (χ0n) is 37.0. The van der Waals surface area contributed by atoms with Gasteiger partial charge in [0, 0.05) is 40.3 Å². The smallest absolute Gasteiger partial charge is 0.435 e. The predicted octanol–water partition coefficient (Wildman–Crippen LogP) is 6.71. The fraction of sp³-hybridized carbons (Fsp3) is 0.395. The Morgan fingerprint density at radius 2 is 1.65 bits per heavy atom. The first-order chi connectivity index (χ1) is 32.8. The minimum atomic E-state index is -5.22. The van der Waals surface area contributed by atoms with Crippen LogP contribution in [-0.2, 0) is 78.0 Å². The number of thiol groups is 1. The summed E-state index contributed by atoms with van der Waals surface area (Å²) >= 11 is 6.57. The van der Waals surface area contributed by atoms with Crippen LogP contribution in [0.2, 0.25) is 5.02 Å². The van der Waals surface area contributed by atoms with E-state index in [4.69, 9.17) is 11.6 Å². The second-order valence-corrected chi connectivity index (χ2v) is 20.9. The van der Waals surface area contributed by atoms with Gasteiger partial charge in [0.05, 0.1) is 41.1 Å². The van der Waals surface area contributed by atoms with Crippen molar-refractivity contribution in [3.8, 4) is 23.0 Å². The van der Waals surface area contributed by atoms with Gasteiger partial charge in [0.15, 0.2) is 15.5 Å². The number of rotatable bonds is 13. The first kappa shape index (κ1) is 52.6. The third-order valence-electron chi connectivity index (χ3n) is 11.6. The molecule has 15 nitrogen and oxygen atoms in total. The van der Waals surface area contributed by atoms with E-state index in [9.17, 15) is 66.3 Å². The number of hydrogen-bond donors (Lipinski definition) is 2. The number of pyridine rings is 1. The van der Waals surface area contributed by atoms with Crippen LogP contribution in [0.15, 0.2) is 42.5 Å². The van der Waals surface area contributed by atoms with Crippen LogP contribution in [0, 0.1) is 29.4 Å². The second-order valence-electron chi connectivity index (χ2n) is 17.0. The average Bonchev–Trinajstić information content (AvgIpc) is 3.76. The van der Waals surface area contributed by atoms with Crippen molar-refractivity contribution in [1.82, 2.24) is 34.2 Å². The van der Waals surface area contributed by atoms with E-state index in [2.05, 4.69) is 37.1 Å². The lowest BCUT2D eigenvalue weighted by Gasteiger charge is -2.23. The van der Waals surface area contributed by atoms with Crippen LogP contribution in [0.4, 0.5) is 43.9 Å². The molecule has 28 heteroatoms. The SMILES string of the molecule is CCOC(=O)C(=O)N(Cc1nn(CC(F)(F)F)c2c(-c3ccc(C#CC(C)(C)S(C)(=O)=O)nc3C(Cc3cc(F)cc(F)c3)NC(=O)Cn3nc(C(F)(F)F)c4c3C(F)(F)[C@@H]3C[C@H]43)ccc(Cl)c12)[SH](=O)=O. The first-order valence-corrected chi connectivity index (χ1v) is 24.1. The molecule has 0 bridgehead atoms. The molecule has 3 aromatic heterocycles. The normalized spacial score (nSPS) is 16.8. The molecule has 2 aliphatic carbocycles. The molecule has 1 fully saturated rings. The highest BCUT2D eigenvalue weighted by Gasteiger charge is 2.68. The summed E-state index contributed by atoms with van der Waals surface area (Å²) in [6.45, 7) is -1.02. The van der Waals surface area contributed by atoms with E-state index in [1.807, 2.05) is 0 Å². The topological polar surface area (TPSA) is 193 Å². The number of benzene rings is 2. The van der Waals surface area contributed by atoms with Crippen LogP contribution in [0.3, 0.4) is 0 Å². The van der Waals surface area contributed by atoms with Crippen molar-refractivity contribution in [1.29, 1.82) is 0 Å². The third kappa shape index (κ3) is 10.7. The number of halogens is 11. The second kappa shape index (κ2) is 18.7. The molecule has 0 radical (unpaired) electrons. The zero-order chi connectivity index (χ0) is 52.5. The lowest BCUT2D eigenvalue weighted by Crippen LogP contribution is -2.36. The number of fused-ring (bicyclic) bond motifs is 4. The van der Waals surface area contributed by atoms with E-state index < -0.39 is 161 Å². The summed E-state index contributed by atoms with van der Waals surface area (Å²) in [5.41, 5.74) is -6.34. The largest absolute Gasteiger partial charge is 0.459 e. The molecule has 3 heterocycles. The number of nitrogens with zero attached hydrogens (tertiary/aromatic N) is 6. The van der Waals surface area contributed by atoms with E-state index in [0.29, 0.717) is 10.7 Å². The Balaban J connectivity index is 1.46. The number of carbonyl (C=O) groups excluding carboxylic acids is 3. The highest BCUT2D eigenvalue weighted by Crippen LogP contribution is 2.68. The number of nitrogens with one attached hydrogen (secondary N) is 1. The summed E-state index contributed by atoms with van der Waals surface area (Å²) in [6.07, 6.45) is -10.4. The molecule has 2 aliphatic rings. The summed E-state index contributed by atoms with van der Waals surface area (Å²) in [7, 11) is -7.90. The van der Waals surface area contributed by atoms with Crippen LogP contribution >= 0.6 is 11.6 Å². The maximum atomic E-state index is 15.6. The maximum Gasteiger partial charge on any atom is 0.435 e. The molecule has 1 unspecified atom stereocenters. The van der Waals surface area contributed by atoms with E-state index in [-0.39, 0.29) is 44.4 Å². The fourth-order valence-electron chi connectivity index (χ4n) is 8.11. The van der Waals surface area contributed by atoms with Crippen molar-refractivity contribution in [2.75, 3.05) is 12.9 Å². The van der Waals surface area contributed by atoms with Crippen molar-refractivity contribution in [2.45, 2.75) is 88.2 Å². The molecular weight excluding hydrogens is 1030 g/mol. The van der Waals surface area contributed by atoms with E-state index in [1.165, 1.54) is 20.8 Å². The summed E-state index contributed by atoms with van der Waals surface area (Å²) in [6, 6.07) is 4.84. The molecule has 71 heavy (non-hydrogen) atoms. The van der Waals surface area contributed by atoms with Crippen molar-refractivity contribution in [2.24, 2.45) is 5.92 Å². The molecule has 1 saturated carbocycles. The van der Waals surface area contributed by atoms with Gasteiger partial charge in [-0.3, -0.25) is 19.0 Å². The minimum absolute atomic E-state index is 0.0657. The van der Waals surface area contributed by atoms with Crippen LogP contribution in [0.5, 0.6) is 0 Å². The molecule has 5 aromatic rings. The van der Waals surface area contributed by atoms with Gasteiger partial charge in [-0.15, -0.1) is 0 Å². The fourth-order valence-corrected chi connectivity index (χ4v) is 9.08. The van der Waals surface area contributed by atoms with Gasteiger partial charge >= 0.3 is 24.2 Å². The molecule has 0 spiro atoms. The van der Waals surface area contributed by atoms with Gasteiger partial charge in [-0.25, -0.2) is 39.7 Å². The standard InChI is InChI=1S/C43H36ClF10N7O8S2/c1-5-69-39(64)38(63)61(70(65)66)17-30-33-28(44)9-8-25(35(33)60(57-30)19-41(47,48)49)24-7-6-23(10-11-40(2,3)71(4,67)68)55-34(24)29(14-20-12-21(45)15-22(46)13-20)56-31(62)18-59-37-32(36(58-59)43(52,53)54)26-16-27(26)42(37,50)51/h6-9,12-13,15,26-27,29,70H,5,14,16-19H2,1-4H3,(H,56,62)/t26-,27+,29?/m0/s1. The minimum Gasteiger partial charge on any atom is -0.459 e. The van der Waals surface area contributed by atoms with E-state index in [0.717, 1.165) is 42.7 Å². The lowest BCUT2D eigenvalue weighted by molar-refractivity contribution is -0.157. The van der Waals surface area contributed by atoms with Crippen molar-refractivity contribution >= 4 is 61.0 Å². The Morgan fingerprint density at radius 3 is 2.24 bits per heavy atom. The summed E-state index contributed by atoms with van der Waals surface area (Å²) in [4.78, 5) is 43.8. The van der Waals surface area contributed by atoms with E-state index >= 15 is 8.78 Å². The van der Waals surface area contributed by atoms with Crippen LogP contribution < -0.4 is 5.32 Å². The predicted molar refractivity (Wildman–Crippen MR) is 230 cm³/mol. The highest BCUT2D eigenvalue weighted by molar-refractivity contribution is 7.92. The highest BCUT2D eigenvalue weighted by atomic mass is 35.5. The maximum absolute atomic E-state index is 15.6. The monoisotopic (exact) mass is 1070 g/mol. The van der Waals surface area contributed by atoms with Crippen LogP contribution in [-0.4, -0.2) is 87.3 Å². The first-order valence-electron chi connectivity index (χ1n) is 20.7.